The smallest absolute Gasteiger partial charge is 0.237 e. The molecule has 2 rings (SSSR count). The zero-order chi connectivity index (χ0) is 16.3. The second kappa shape index (κ2) is 7.75. The van der Waals surface area contributed by atoms with Gasteiger partial charge in [0, 0.05) is 25.2 Å². The van der Waals surface area contributed by atoms with Crippen LogP contribution in [-0.2, 0) is 9.53 Å². The van der Waals surface area contributed by atoms with Gasteiger partial charge in [-0.15, -0.1) is 0 Å². The molecular formula is C17H33N3O2. The first kappa shape index (κ1) is 17.7. The molecule has 0 spiro atoms. The molecule has 0 saturated carbocycles. The Labute approximate surface area is 135 Å². The molecule has 0 aliphatic carbocycles. The quantitative estimate of drug-likeness (QED) is 0.823. The van der Waals surface area contributed by atoms with E-state index in [1.165, 1.54) is 0 Å². The molecule has 5 nitrogen and oxygen atoms in total. The minimum atomic E-state index is -0.0565. The second-order valence-electron chi connectivity index (χ2n) is 7.49. The van der Waals surface area contributed by atoms with Gasteiger partial charge in [0.05, 0.1) is 18.2 Å². The number of morpholine rings is 1. The van der Waals surface area contributed by atoms with Crippen molar-refractivity contribution in [3.05, 3.63) is 0 Å². The fraction of sp³-hybridized carbons (Fsp3) is 0.941. The van der Waals surface area contributed by atoms with Gasteiger partial charge < -0.3 is 15.4 Å². The Morgan fingerprint density at radius 1 is 1.23 bits per heavy atom. The number of nitrogens with one attached hydrogen (secondary N) is 2. The molecule has 5 unspecified atom stereocenters. The van der Waals surface area contributed by atoms with Crippen molar-refractivity contribution in [1.82, 2.24) is 15.5 Å². The largest absolute Gasteiger partial charge is 0.373 e. The van der Waals surface area contributed by atoms with E-state index in [9.17, 15) is 4.79 Å². The topological polar surface area (TPSA) is 53.6 Å². The number of carbonyl (C=O) groups is 1. The van der Waals surface area contributed by atoms with Gasteiger partial charge >= 0.3 is 0 Å². The third kappa shape index (κ3) is 4.67. The van der Waals surface area contributed by atoms with Crippen LogP contribution in [-0.4, -0.2) is 60.8 Å². The number of piperidine rings is 1. The molecule has 0 bridgehead atoms. The maximum Gasteiger partial charge on any atom is 0.237 e. The molecule has 22 heavy (non-hydrogen) atoms. The maximum atomic E-state index is 12.9. The number of ether oxygens (including phenoxy) is 1. The Hall–Kier alpha value is -0.650. The molecule has 2 aliphatic rings. The highest BCUT2D eigenvalue weighted by Crippen LogP contribution is 2.19. The van der Waals surface area contributed by atoms with Gasteiger partial charge in [0.1, 0.15) is 0 Å². The SMILES string of the molecule is CC1CC(NC(=O)C(C(C)C)N2CC(C)OC(C)C2)CCN1. The monoisotopic (exact) mass is 311 g/mol. The molecule has 128 valence electrons. The van der Waals surface area contributed by atoms with Gasteiger partial charge in [0.2, 0.25) is 5.91 Å². The first-order valence-corrected chi connectivity index (χ1v) is 8.80. The number of hydrogen-bond donors (Lipinski definition) is 2. The number of nitrogens with zero attached hydrogens (tertiary/aromatic N) is 1. The van der Waals surface area contributed by atoms with Crippen LogP contribution >= 0.6 is 0 Å². The summed E-state index contributed by atoms with van der Waals surface area (Å²) in [5.74, 6) is 0.493. The van der Waals surface area contributed by atoms with Crippen LogP contribution < -0.4 is 10.6 Å². The van der Waals surface area contributed by atoms with Crippen molar-refractivity contribution in [2.24, 2.45) is 5.92 Å². The molecule has 2 saturated heterocycles. The lowest BCUT2D eigenvalue weighted by molar-refractivity contribution is -0.136. The number of carbonyl (C=O) groups excluding carboxylic acids is 1. The molecule has 2 fully saturated rings. The van der Waals surface area contributed by atoms with Crippen LogP contribution in [0.25, 0.3) is 0 Å². The molecule has 0 aromatic heterocycles. The van der Waals surface area contributed by atoms with Crippen molar-refractivity contribution < 1.29 is 9.53 Å². The van der Waals surface area contributed by atoms with Crippen molar-refractivity contribution in [2.45, 2.75) is 77.8 Å². The fourth-order valence-electron chi connectivity index (χ4n) is 3.88. The second-order valence-corrected chi connectivity index (χ2v) is 7.49. The normalized spacial score (nSPS) is 35.4. The van der Waals surface area contributed by atoms with Crippen molar-refractivity contribution in [2.75, 3.05) is 19.6 Å². The van der Waals surface area contributed by atoms with Gasteiger partial charge in [-0.05, 0) is 46.1 Å². The van der Waals surface area contributed by atoms with E-state index in [1.807, 2.05) is 0 Å². The fourth-order valence-corrected chi connectivity index (χ4v) is 3.88. The van der Waals surface area contributed by atoms with E-state index in [0.717, 1.165) is 32.5 Å². The van der Waals surface area contributed by atoms with Gasteiger partial charge in [0.25, 0.3) is 0 Å². The van der Waals surface area contributed by atoms with Gasteiger partial charge in [0.15, 0.2) is 0 Å². The maximum absolute atomic E-state index is 12.9. The van der Waals surface area contributed by atoms with Crippen LogP contribution in [0.15, 0.2) is 0 Å². The van der Waals surface area contributed by atoms with E-state index >= 15 is 0 Å². The lowest BCUT2D eigenvalue weighted by atomic mass is 9.96. The summed E-state index contributed by atoms with van der Waals surface area (Å²) in [6.45, 7) is 13.3. The first-order valence-electron chi connectivity index (χ1n) is 8.80. The summed E-state index contributed by atoms with van der Waals surface area (Å²) in [7, 11) is 0. The number of rotatable bonds is 4. The summed E-state index contributed by atoms with van der Waals surface area (Å²) in [5.41, 5.74) is 0. The van der Waals surface area contributed by atoms with E-state index in [0.29, 0.717) is 18.0 Å². The summed E-state index contributed by atoms with van der Waals surface area (Å²) < 4.78 is 5.81. The van der Waals surface area contributed by atoms with E-state index in [4.69, 9.17) is 4.74 Å². The summed E-state index contributed by atoms with van der Waals surface area (Å²) in [6.07, 6.45) is 2.43. The zero-order valence-corrected chi connectivity index (χ0v) is 14.8. The first-order chi connectivity index (χ1) is 10.4. The number of hydrogen-bond acceptors (Lipinski definition) is 4. The molecule has 5 atom stereocenters. The highest BCUT2D eigenvalue weighted by atomic mass is 16.5. The predicted octanol–water partition coefficient (Wildman–Crippen LogP) is 1.38. The third-order valence-corrected chi connectivity index (χ3v) is 4.71. The zero-order valence-electron chi connectivity index (χ0n) is 14.8. The molecule has 0 radical (unpaired) electrons. The minimum absolute atomic E-state index is 0.0565. The van der Waals surface area contributed by atoms with Crippen molar-refractivity contribution in [3.63, 3.8) is 0 Å². The lowest BCUT2D eigenvalue weighted by Crippen LogP contribution is -2.59. The Balaban J connectivity index is 1.99. The Kier molecular flexibility index (Phi) is 6.24. The summed E-state index contributed by atoms with van der Waals surface area (Å²) in [4.78, 5) is 15.2. The molecule has 0 aromatic carbocycles. The van der Waals surface area contributed by atoms with Crippen molar-refractivity contribution >= 4 is 5.91 Å². The summed E-state index contributed by atoms with van der Waals surface area (Å²) >= 11 is 0. The minimum Gasteiger partial charge on any atom is -0.373 e. The Bertz CT molecular complexity index is 365. The highest BCUT2D eigenvalue weighted by molar-refractivity contribution is 5.82. The predicted molar refractivity (Wildman–Crippen MR) is 88.8 cm³/mol. The Morgan fingerprint density at radius 2 is 1.86 bits per heavy atom. The average molecular weight is 311 g/mol. The van der Waals surface area contributed by atoms with E-state index in [1.54, 1.807) is 0 Å². The van der Waals surface area contributed by atoms with Crippen LogP contribution in [0, 0.1) is 5.92 Å². The van der Waals surface area contributed by atoms with E-state index < -0.39 is 0 Å². The summed E-state index contributed by atoms with van der Waals surface area (Å²) in [5, 5.41) is 6.73. The van der Waals surface area contributed by atoms with Gasteiger partial charge in [-0.3, -0.25) is 9.69 Å². The Morgan fingerprint density at radius 3 is 2.41 bits per heavy atom. The molecule has 2 aliphatic heterocycles. The molecule has 0 aromatic rings. The molecule has 1 amide bonds. The van der Waals surface area contributed by atoms with Crippen LogP contribution in [0.5, 0.6) is 0 Å². The van der Waals surface area contributed by atoms with E-state index in [-0.39, 0.29) is 24.2 Å². The van der Waals surface area contributed by atoms with Crippen LogP contribution in [0.1, 0.15) is 47.5 Å². The van der Waals surface area contributed by atoms with Gasteiger partial charge in [-0.25, -0.2) is 0 Å². The lowest BCUT2D eigenvalue weighted by Gasteiger charge is -2.41. The van der Waals surface area contributed by atoms with Crippen molar-refractivity contribution in [3.8, 4) is 0 Å². The van der Waals surface area contributed by atoms with E-state index in [2.05, 4.69) is 50.2 Å². The standard InChI is InChI=1S/C17H33N3O2/c1-11(2)16(20-9-13(4)22-14(5)10-20)17(21)19-15-6-7-18-12(3)8-15/h11-16,18H,6-10H2,1-5H3,(H,19,21). The van der Waals surface area contributed by atoms with Gasteiger partial charge in [-0.1, -0.05) is 13.8 Å². The molecule has 2 N–H and O–H groups in total. The third-order valence-electron chi connectivity index (χ3n) is 4.71. The molecule has 2 heterocycles. The van der Waals surface area contributed by atoms with Crippen molar-refractivity contribution in [1.29, 1.82) is 0 Å². The molecular weight excluding hydrogens is 278 g/mol. The average Bonchev–Trinajstić information content (AvgIpc) is 2.36. The molecule has 5 heteroatoms. The highest BCUT2D eigenvalue weighted by Gasteiger charge is 2.35. The summed E-state index contributed by atoms with van der Waals surface area (Å²) in [6, 6.07) is 0.736. The van der Waals surface area contributed by atoms with Crippen LogP contribution in [0.4, 0.5) is 0 Å². The van der Waals surface area contributed by atoms with Crippen LogP contribution in [0.3, 0.4) is 0 Å². The number of amides is 1. The van der Waals surface area contributed by atoms with Crippen LogP contribution in [0.2, 0.25) is 0 Å². The van der Waals surface area contributed by atoms with Gasteiger partial charge in [-0.2, -0.15) is 0 Å².